The molecular formula is C15H18N2O3S. The molecule has 4 rings (SSSR count). The number of ether oxygens (including phenoxy) is 2. The summed E-state index contributed by atoms with van der Waals surface area (Å²) >= 11 is 1.70. The number of rotatable bonds is 2. The van der Waals surface area contributed by atoms with Gasteiger partial charge in [-0.2, -0.15) is 0 Å². The summed E-state index contributed by atoms with van der Waals surface area (Å²) in [5.74, 6) is 0. The van der Waals surface area contributed by atoms with Gasteiger partial charge in [-0.15, -0.1) is 0 Å². The van der Waals surface area contributed by atoms with Gasteiger partial charge >= 0.3 is 0 Å². The highest BCUT2D eigenvalue weighted by molar-refractivity contribution is 7.99. The molecule has 6 heteroatoms. The number of nitrogens with two attached hydrogens (primary N) is 1. The highest BCUT2D eigenvalue weighted by Gasteiger charge is 2.41. The first kappa shape index (κ1) is 13.4. The topological polar surface area (TPSA) is 70.5 Å². The summed E-state index contributed by atoms with van der Waals surface area (Å²) in [7, 11) is 0. The van der Waals surface area contributed by atoms with Crippen LogP contribution in [-0.2, 0) is 9.47 Å². The lowest BCUT2D eigenvalue weighted by atomic mass is 9.93. The van der Waals surface area contributed by atoms with Crippen molar-refractivity contribution in [3.05, 3.63) is 18.2 Å². The fourth-order valence-electron chi connectivity index (χ4n) is 3.06. The molecule has 2 fully saturated rings. The number of benzene rings is 1. The van der Waals surface area contributed by atoms with Crippen molar-refractivity contribution in [2.24, 2.45) is 0 Å². The van der Waals surface area contributed by atoms with E-state index in [4.69, 9.17) is 19.6 Å². The van der Waals surface area contributed by atoms with Crippen LogP contribution in [0.2, 0.25) is 0 Å². The third kappa shape index (κ3) is 2.63. The second-order valence-corrected chi connectivity index (χ2v) is 7.03. The quantitative estimate of drug-likeness (QED) is 0.860. The van der Waals surface area contributed by atoms with Gasteiger partial charge in [0.2, 0.25) is 0 Å². The normalized spacial score (nSPS) is 29.4. The number of aromatic nitrogens is 1. The van der Waals surface area contributed by atoms with Crippen molar-refractivity contribution in [1.82, 2.24) is 4.98 Å². The van der Waals surface area contributed by atoms with Crippen LogP contribution in [0.1, 0.15) is 19.3 Å². The van der Waals surface area contributed by atoms with E-state index in [1.807, 2.05) is 18.2 Å². The molecule has 2 N–H and O–H groups in total. The van der Waals surface area contributed by atoms with Gasteiger partial charge < -0.3 is 19.6 Å². The van der Waals surface area contributed by atoms with Crippen molar-refractivity contribution >= 4 is 28.5 Å². The molecule has 0 saturated carbocycles. The van der Waals surface area contributed by atoms with Crippen LogP contribution >= 0.6 is 11.8 Å². The van der Waals surface area contributed by atoms with Crippen LogP contribution < -0.4 is 5.73 Å². The molecule has 0 radical (unpaired) electrons. The van der Waals surface area contributed by atoms with Gasteiger partial charge in [-0.05, 0) is 31.0 Å². The van der Waals surface area contributed by atoms with Gasteiger partial charge in [0.25, 0.3) is 5.22 Å². The Balaban J connectivity index is 1.51. The van der Waals surface area contributed by atoms with E-state index in [0.717, 1.165) is 48.8 Å². The van der Waals surface area contributed by atoms with Gasteiger partial charge in [0.15, 0.2) is 5.58 Å². The van der Waals surface area contributed by atoms with E-state index in [-0.39, 0.29) is 5.60 Å². The van der Waals surface area contributed by atoms with Crippen LogP contribution in [0.15, 0.2) is 27.8 Å². The van der Waals surface area contributed by atoms with E-state index >= 15 is 0 Å². The molecule has 0 aliphatic carbocycles. The van der Waals surface area contributed by atoms with E-state index in [9.17, 15) is 0 Å². The van der Waals surface area contributed by atoms with E-state index in [1.54, 1.807) is 11.8 Å². The summed E-state index contributed by atoms with van der Waals surface area (Å²) in [5.41, 5.74) is 8.02. The number of fused-ring (bicyclic) bond motifs is 1. The van der Waals surface area contributed by atoms with Crippen molar-refractivity contribution < 1.29 is 13.9 Å². The molecule has 1 spiro atoms. The third-order valence-electron chi connectivity index (χ3n) is 4.17. The first-order valence-corrected chi connectivity index (χ1v) is 8.15. The molecule has 2 aromatic rings. The van der Waals surface area contributed by atoms with Crippen LogP contribution in [0.25, 0.3) is 11.1 Å². The van der Waals surface area contributed by atoms with E-state index in [0.29, 0.717) is 17.5 Å². The van der Waals surface area contributed by atoms with Gasteiger partial charge in [0, 0.05) is 30.6 Å². The maximum absolute atomic E-state index is 5.96. The summed E-state index contributed by atoms with van der Waals surface area (Å²) in [6.07, 6.45) is 3.01. The van der Waals surface area contributed by atoms with Gasteiger partial charge in [-0.3, -0.25) is 0 Å². The molecule has 0 bridgehead atoms. The van der Waals surface area contributed by atoms with E-state index < -0.39 is 0 Å². The van der Waals surface area contributed by atoms with E-state index in [1.165, 1.54) is 0 Å². The maximum Gasteiger partial charge on any atom is 0.257 e. The average Bonchev–Trinajstić information content (AvgIpc) is 3.05. The number of thioether (sulfide) groups is 1. The molecule has 1 aromatic carbocycles. The van der Waals surface area contributed by atoms with Crippen molar-refractivity contribution in [2.75, 3.05) is 25.6 Å². The second-order valence-electron chi connectivity index (χ2n) is 5.77. The SMILES string of the molecule is Nc1ccc2oc(SC3CCOC4(CCOC4)C3)nc2c1. The molecule has 1 aromatic heterocycles. The molecule has 0 amide bonds. The summed E-state index contributed by atoms with van der Waals surface area (Å²) in [5, 5.41) is 1.18. The zero-order valence-corrected chi connectivity index (χ0v) is 12.5. The molecule has 112 valence electrons. The minimum absolute atomic E-state index is 0.0770. The number of oxazole rings is 1. The Morgan fingerprint density at radius 1 is 1.33 bits per heavy atom. The molecule has 3 heterocycles. The highest BCUT2D eigenvalue weighted by atomic mass is 32.2. The minimum atomic E-state index is -0.0770. The predicted octanol–water partition coefficient (Wildman–Crippen LogP) is 2.84. The lowest BCUT2D eigenvalue weighted by Gasteiger charge is -2.36. The van der Waals surface area contributed by atoms with Gasteiger partial charge in [-0.25, -0.2) is 4.98 Å². The Morgan fingerprint density at radius 3 is 3.14 bits per heavy atom. The first-order valence-electron chi connectivity index (χ1n) is 7.27. The Kier molecular flexibility index (Phi) is 3.32. The van der Waals surface area contributed by atoms with Gasteiger partial charge in [0.05, 0.1) is 12.2 Å². The Morgan fingerprint density at radius 2 is 2.29 bits per heavy atom. The zero-order chi connectivity index (χ0) is 14.3. The van der Waals surface area contributed by atoms with E-state index in [2.05, 4.69) is 4.98 Å². The third-order valence-corrected chi connectivity index (χ3v) is 5.29. The fourth-order valence-corrected chi connectivity index (χ4v) is 4.24. The molecule has 2 aliphatic rings. The van der Waals surface area contributed by atoms with Crippen LogP contribution in [-0.4, -0.2) is 35.7 Å². The van der Waals surface area contributed by atoms with Crippen LogP contribution in [0.5, 0.6) is 0 Å². The van der Waals surface area contributed by atoms with Crippen molar-refractivity contribution in [3.63, 3.8) is 0 Å². The molecule has 21 heavy (non-hydrogen) atoms. The molecule has 2 unspecified atom stereocenters. The summed E-state index contributed by atoms with van der Waals surface area (Å²) < 4.78 is 17.3. The first-order chi connectivity index (χ1) is 10.2. The lowest BCUT2D eigenvalue weighted by Crippen LogP contribution is -2.41. The summed E-state index contributed by atoms with van der Waals surface area (Å²) in [6.45, 7) is 2.31. The van der Waals surface area contributed by atoms with Gasteiger partial charge in [0.1, 0.15) is 5.52 Å². The molecule has 2 atom stereocenters. The van der Waals surface area contributed by atoms with Crippen LogP contribution in [0.4, 0.5) is 5.69 Å². The maximum atomic E-state index is 5.96. The molecule has 2 saturated heterocycles. The Hall–Kier alpha value is -1.24. The number of hydrogen-bond acceptors (Lipinski definition) is 6. The van der Waals surface area contributed by atoms with Crippen molar-refractivity contribution in [3.8, 4) is 0 Å². The smallest absolute Gasteiger partial charge is 0.257 e. The number of nitrogens with zero attached hydrogens (tertiary/aromatic N) is 1. The molecular weight excluding hydrogens is 288 g/mol. The van der Waals surface area contributed by atoms with Crippen molar-refractivity contribution in [2.45, 2.75) is 35.3 Å². The summed E-state index contributed by atoms with van der Waals surface area (Å²) in [6, 6.07) is 5.55. The zero-order valence-electron chi connectivity index (χ0n) is 11.7. The average molecular weight is 306 g/mol. The Labute approximate surface area is 127 Å². The monoisotopic (exact) mass is 306 g/mol. The fraction of sp³-hybridized carbons (Fsp3) is 0.533. The number of hydrogen-bond donors (Lipinski definition) is 1. The molecule has 5 nitrogen and oxygen atoms in total. The van der Waals surface area contributed by atoms with Crippen molar-refractivity contribution in [1.29, 1.82) is 0 Å². The van der Waals surface area contributed by atoms with Crippen LogP contribution in [0.3, 0.4) is 0 Å². The highest BCUT2D eigenvalue weighted by Crippen LogP contribution is 2.40. The van der Waals surface area contributed by atoms with Gasteiger partial charge in [-0.1, -0.05) is 11.8 Å². The predicted molar refractivity (Wildman–Crippen MR) is 81.4 cm³/mol. The molecule has 2 aliphatic heterocycles. The Bertz CT molecular complexity index is 651. The summed E-state index contributed by atoms with van der Waals surface area (Å²) in [4.78, 5) is 4.53. The lowest BCUT2D eigenvalue weighted by molar-refractivity contribution is -0.0770. The van der Waals surface area contributed by atoms with Crippen LogP contribution in [0, 0.1) is 0 Å². The largest absolute Gasteiger partial charge is 0.431 e. The standard InChI is InChI=1S/C15H18N2O3S/c16-10-1-2-13-12(7-10)17-14(20-13)21-11-3-5-19-15(8-11)4-6-18-9-15/h1-2,7,11H,3-6,8-9,16H2. The second kappa shape index (κ2) is 5.19. The minimum Gasteiger partial charge on any atom is -0.431 e. The number of anilines is 1. The number of nitrogen functional groups attached to an aromatic ring is 1.